The molecular formula is C32H23Cl5F3N3O2. The van der Waals surface area contributed by atoms with Gasteiger partial charge in [-0.2, -0.15) is 13.2 Å². The molecule has 1 aliphatic carbocycles. The largest absolute Gasteiger partial charge is 0.416 e. The van der Waals surface area contributed by atoms with E-state index < -0.39 is 39.7 Å². The second-order valence-corrected chi connectivity index (χ2v) is 13.3. The molecule has 4 aromatic carbocycles. The number of halogens is 8. The van der Waals surface area contributed by atoms with E-state index in [1.165, 1.54) is 24.3 Å². The molecule has 1 aliphatic rings. The summed E-state index contributed by atoms with van der Waals surface area (Å²) in [6, 6.07) is 19.5. The molecule has 4 aromatic rings. The van der Waals surface area contributed by atoms with Gasteiger partial charge in [0.15, 0.2) is 0 Å². The molecular weight excluding hydrogens is 693 g/mol. The van der Waals surface area contributed by atoms with Gasteiger partial charge in [-0.15, -0.1) is 23.2 Å². The Morgan fingerprint density at radius 3 is 2.09 bits per heavy atom. The Kier molecular flexibility index (Phi) is 9.55. The SMILES string of the molecule is Cc1cc(NCc2ccc(C(F)(F)F)cc2)ccc1NC(=O)c1cc(NC(=O)[C@H]2[C@H](c3cc(Cl)cc(Cl)c3)C2(Cl)Cl)ccc1Cl. The summed E-state index contributed by atoms with van der Waals surface area (Å²) in [7, 11) is 0. The fourth-order valence-corrected chi connectivity index (χ4v) is 6.51. The number of alkyl halides is 5. The van der Waals surface area contributed by atoms with Crippen molar-refractivity contribution in [2.75, 3.05) is 16.0 Å². The number of amides is 2. The van der Waals surface area contributed by atoms with E-state index in [4.69, 9.17) is 58.0 Å². The van der Waals surface area contributed by atoms with Crippen LogP contribution in [0.4, 0.5) is 30.2 Å². The number of anilines is 3. The minimum Gasteiger partial charge on any atom is -0.381 e. The van der Waals surface area contributed by atoms with Gasteiger partial charge in [0.25, 0.3) is 5.91 Å². The molecule has 2 atom stereocenters. The van der Waals surface area contributed by atoms with Gasteiger partial charge in [0.2, 0.25) is 5.91 Å². The molecule has 1 saturated carbocycles. The summed E-state index contributed by atoms with van der Waals surface area (Å²) < 4.78 is 37.0. The van der Waals surface area contributed by atoms with Crippen LogP contribution in [0.3, 0.4) is 0 Å². The van der Waals surface area contributed by atoms with E-state index in [-0.39, 0.29) is 10.6 Å². The van der Waals surface area contributed by atoms with Crippen LogP contribution >= 0.6 is 58.0 Å². The predicted octanol–water partition coefficient (Wildman–Crippen LogP) is 10.4. The number of hydrogen-bond donors (Lipinski definition) is 3. The second kappa shape index (κ2) is 12.9. The van der Waals surface area contributed by atoms with Gasteiger partial charge >= 0.3 is 6.18 Å². The molecule has 5 rings (SSSR count). The molecule has 13 heteroatoms. The van der Waals surface area contributed by atoms with Crippen molar-refractivity contribution in [1.29, 1.82) is 0 Å². The summed E-state index contributed by atoms with van der Waals surface area (Å²) >= 11 is 31.5. The van der Waals surface area contributed by atoms with Gasteiger partial charge in [0.1, 0.15) is 4.33 Å². The summed E-state index contributed by atoms with van der Waals surface area (Å²) in [5, 5.41) is 9.68. The Hall–Kier alpha value is -3.14. The highest BCUT2D eigenvalue weighted by atomic mass is 35.5. The molecule has 2 amide bonds. The Morgan fingerprint density at radius 2 is 1.47 bits per heavy atom. The van der Waals surface area contributed by atoms with Crippen LogP contribution in [0.1, 0.15) is 38.5 Å². The topological polar surface area (TPSA) is 70.2 Å². The first-order chi connectivity index (χ1) is 21.1. The van der Waals surface area contributed by atoms with Crippen LogP contribution in [0.5, 0.6) is 0 Å². The van der Waals surface area contributed by atoms with Gasteiger partial charge in [-0.25, -0.2) is 0 Å². The van der Waals surface area contributed by atoms with Crippen molar-refractivity contribution in [2.24, 2.45) is 5.92 Å². The predicted molar refractivity (Wildman–Crippen MR) is 175 cm³/mol. The van der Waals surface area contributed by atoms with Crippen molar-refractivity contribution in [3.05, 3.63) is 122 Å². The first-order valence-corrected chi connectivity index (χ1v) is 15.3. The third kappa shape index (κ3) is 7.64. The fourth-order valence-electron chi connectivity index (χ4n) is 4.94. The highest BCUT2D eigenvalue weighted by Gasteiger charge is 2.67. The monoisotopic (exact) mass is 713 g/mol. The normalized spacial score (nSPS) is 17.0. The van der Waals surface area contributed by atoms with Crippen molar-refractivity contribution in [1.82, 2.24) is 0 Å². The molecule has 234 valence electrons. The van der Waals surface area contributed by atoms with Crippen molar-refractivity contribution >= 4 is 86.9 Å². The van der Waals surface area contributed by atoms with Gasteiger partial charge < -0.3 is 16.0 Å². The third-order valence-electron chi connectivity index (χ3n) is 7.31. The fraction of sp³-hybridized carbons (Fsp3) is 0.188. The maximum Gasteiger partial charge on any atom is 0.416 e. The highest BCUT2D eigenvalue weighted by Crippen LogP contribution is 2.65. The lowest BCUT2D eigenvalue weighted by atomic mass is 10.1. The van der Waals surface area contributed by atoms with E-state index in [0.717, 1.165) is 17.7 Å². The standard InChI is InChI=1S/C32H23Cl5F3N3O2/c1-16-10-22(41-15-17-2-4-19(5-3-17)32(38,39)40)7-9-26(16)43-29(44)24-14-23(6-8-25(24)35)42-30(45)28-27(31(28,36)37)18-11-20(33)13-21(34)12-18/h2-14,27-28,41H,15H2,1H3,(H,42,45)(H,43,44)/t27-,28+/m0/s1. The van der Waals surface area contributed by atoms with Gasteiger partial charge in [-0.05, 0) is 90.3 Å². The number of carbonyl (C=O) groups excluding carboxylic acids is 2. The Labute approximate surface area is 282 Å². The van der Waals surface area contributed by atoms with Crippen LogP contribution in [0.25, 0.3) is 0 Å². The van der Waals surface area contributed by atoms with Crippen molar-refractivity contribution in [3.63, 3.8) is 0 Å². The van der Waals surface area contributed by atoms with Crippen LogP contribution in [-0.4, -0.2) is 16.1 Å². The summed E-state index contributed by atoms with van der Waals surface area (Å²) in [4.78, 5) is 26.3. The number of rotatable bonds is 8. The van der Waals surface area contributed by atoms with E-state index in [0.29, 0.717) is 44.8 Å². The third-order valence-corrected chi connectivity index (χ3v) is 9.02. The minimum atomic E-state index is -4.39. The lowest BCUT2D eigenvalue weighted by Gasteiger charge is -2.14. The first-order valence-electron chi connectivity index (χ1n) is 13.4. The summed E-state index contributed by atoms with van der Waals surface area (Å²) in [6.45, 7) is 2.10. The van der Waals surface area contributed by atoms with Crippen LogP contribution in [0, 0.1) is 12.8 Å². The van der Waals surface area contributed by atoms with Crippen molar-refractivity contribution < 1.29 is 22.8 Å². The molecule has 0 aromatic heterocycles. The molecule has 0 heterocycles. The average molecular weight is 716 g/mol. The van der Waals surface area contributed by atoms with E-state index in [1.807, 2.05) is 0 Å². The van der Waals surface area contributed by atoms with Crippen LogP contribution in [0.15, 0.2) is 78.9 Å². The van der Waals surface area contributed by atoms with Crippen LogP contribution in [-0.2, 0) is 17.5 Å². The maximum absolute atomic E-state index is 13.2. The smallest absolute Gasteiger partial charge is 0.381 e. The number of nitrogens with one attached hydrogen (secondary N) is 3. The lowest BCUT2D eigenvalue weighted by molar-refractivity contribution is -0.137. The molecule has 0 radical (unpaired) electrons. The molecule has 0 unspecified atom stereocenters. The molecule has 0 bridgehead atoms. The zero-order valence-corrected chi connectivity index (χ0v) is 27.0. The number of aryl methyl sites for hydroxylation is 1. The lowest BCUT2D eigenvalue weighted by Crippen LogP contribution is -2.18. The Bertz CT molecular complexity index is 1760. The van der Waals surface area contributed by atoms with E-state index >= 15 is 0 Å². The summed E-state index contributed by atoms with van der Waals surface area (Å²) in [5.41, 5.74) is 2.98. The second-order valence-electron chi connectivity index (χ2n) is 10.5. The van der Waals surface area contributed by atoms with Gasteiger partial charge in [0, 0.05) is 39.6 Å². The van der Waals surface area contributed by atoms with E-state index in [1.54, 1.807) is 49.4 Å². The molecule has 0 spiro atoms. The molecule has 3 N–H and O–H groups in total. The van der Waals surface area contributed by atoms with Crippen molar-refractivity contribution in [2.45, 2.75) is 29.9 Å². The maximum atomic E-state index is 13.2. The summed E-state index contributed by atoms with van der Waals surface area (Å²) in [6.07, 6.45) is -4.39. The Morgan fingerprint density at radius 1 is 0.822 bits per heavy atom. The molecule has 1 fully saturated rings. The minimum absolute atomic E-state index is 0.121. The molecule has 5 nitrogen and oxygen atoms in total. The van der Waals surface area contributed by atoms with Crippen LogP contribution < -0.4 is 16.0 Å². The van der Waals surface area contributed by atoms with Crippen molar-refractivity contribution in [3.8, 4) is 0 Å². The average Bonchev–Trinajstić information content (AvgIpc) is 3.55. The van der Waals surface area contributed by atoms with Gasteiger partial charge in [0.05, 0.1) is 22.1 Å². The summed E-state index contributed by atoms with van der Waals surface area (Å²) in [5.74, 6) is -2.30. The van der Waals surface area contributed by atoms with Gasteiger partial charge in [-0.3, -0.25) is 9.59 Å². The molecule has 0 saturated heterocycles. The van der Waals surface area contributed by atoms with E-state index in [9.17, 15) is 22.8 Å². The van der Waals surface area contributed by atoms with Gasteiger partial charge in [-0.1, -0.05) is 46.9 Å². The molecule has 45 heavy (non-hydrogen) atoms. The quantitative estimate of drug-likeness (QED) is 0.159. The molecule has 0 aliphatic heterocycles. The number of carbonyl (C=O) groups is 2. The Balaban J connectivity index is 1.22. The van der Waals surface area contributed by atoms with E-state index in [2.05, 4.69) is 16.0 Å². The first kappa shape index (κ1) is 33.2. The number of benzene rings is 4. The zero-order chi connectivity index (χ0) is 32.7. The zero-order valence-electron chi connectivity index (χ0n) is 23.2. The number of hydrogen-bond acceptors (Lipinski definition) is 3. The van der Waals surface area contributed by atoms with Crippen LogP contribution in [0.2, 0.25) is 15.1 Å². The highest BCUT2D eigenvalue weighted by molar-refractivity contribution is 6.53.